The van der Waals surface area contributed by atoms with Crippen LogP contribution in [0.1, 0.15) is 0 Å². The molecule has 26 heavy (non-hydrogen) atoms. The standard InChI is InChI=1S/C17H16FN5O2S/c1-25-14-4-2-3-13(9-14)20-15(24)10-26-17-22-21-16(23(17)19)11-5-7-12(18)8-6-11/h2-9H,10,19H2,1H3,(H,20,24). The summed E-state index contributed by atoms with van der Waals surface area (Å²) >= 11 is 1.15. The summed E-state index contributed by atoms with van der Waals surface area (Å²) in [5.41, 5.74) is 1.27. The van der Waals surface area contributed by atoms with E-state index in [9.17, 15) is 9.18 Å². The summed E-state index contributed by atoms with van der Waals surface area (Å²) in [6.07, 6.45) is 0. The van der Waals surface area contributed by atoms with Crippen LogP contribution >= 0.6 is 11.8 Å². The van der Waals surface area contributed by atoms with E-state index in [1.807, 2.05) is 0 Å². The normalized spacial score (nSPS) is 10.5. The Bertz CT molecular complexity index is 914. The lowest BCUT2D eigenvalue weighted by atomic mass is 10.2. The van der Waals surface area contributed by atoms with Crippen molar-refractivity contribution >= 4 is 23.4 Å². The second kappa shape index (κ2) is 7.87. The molecular weight excluding hydrogens is 357 g/mol. The van der Waals surface area contributed by atoms with E-state index < -0.39 is 0 Å². The number of methoxy groups -OCH3 is 1. The molecule has 2 aromatic carbocycles. The van der Waals surface area contributed by atoms with E-state index in [0.717, 1.165) is 11.8 Å². The van der Waals surface area contributed by atoms with Gasteiger partial charge in [0.25, 0.3) is 0 Å². The van der Waals surface area contributed by atoms with Crippen molar-refractivity contribution in [1.82, 2.24) is 14.9 Å². The number of ether oxygens (including phenoxy) is 1. The van der Waals surface area contributed by atoms with Crippen LogP contribution in [0.2, 0.25) is 0 Å². The van der Waals surface area contributed by atoms with Crippen LogP contribution in [0.15, 0.2) is 53.7 Å². The predicted octanol–water partition coefficient (Wildman–Crippen LogP) is 2.54. The fourth-order valence-electron chi connectivity index (χ4n) is 2.20. The van der Waals surface area contributed by atoms with Gasteiger partial charge in [0, 0.05) is 17.3 Å². The fraction of sp³-hybridized carbons (Fsp3) is 0.118. The van der Waals surface area contributed by atoms with Crippen LogP contribution in [0.5, 0.6) is 5.75 Å². The Labute approximate surface area is 153 Å². The molecule has 0 radical (unpaired) electrons. The Morgan fingerprint density at radius 3 is 2.77 bits per heavy atom. The number of carbonyl (C=O) groups is 1. The summed E-state index contributed by atoms with van der Waals surface area (Å²) in [4.78, 5) is 12.1. The first-order valence-corrected chi connectivity index (χ1v) is 8.58. The van der Waals surface area contributed by atoms with Crippen molar-refractivity contribution in [2.24, 2.45) is 0 Å². The number of hydrogen-bond donors (Lipinski definition) is 2. The van der Waals surface area contributed by atoms with E-state index in [4.69, 9.17) is 10.6 Å². The summed E-state index contributed by atoms with van der Waals surface area (Å²) < 4.78 is 19.4. The molecule has 134 valence electrons. The van der Waals surface area contributed by atoms with Crippen LogP contribution in [0.4, 0.5) is 10.1 Å². The van der Waals surface area contributed by atoms with Gasteiger partial charge in [-0.15, -0.1) is 10.2 Å². The molecule has 3 N–H and O–H groups in total. The zero-order valence-corrected chi connectivity index (χ0v) is 14.7. The van der Waals surface area contributed by atoms with Crippen LogP contribution in [0.3, 0.4) is 0 Å². The topological polar surface area (TPSA) is 95.1 Å². The number of aromatic nitrogens is 3. The number of rotatable bonds is 6. The third kappa shape index (κ3) is 4.12. The van der Waals surface area contributed by atoms with Gasteiger partial charge in [0.05, 0.1) is 12.9 Å². The number of nitrogen functional groups attached to an aromatic ring is 1. The van der Waals surface area contributed by atoms with Gasteiger partial charge in [-0.05, 0) is 36.4 Å². The third-order valence-corrected chi connectivity index (χ3v) is 4.40. The molecular formula is C17H16FN5O2S. The van der Waals surface area contributed by atoms with Gasteiger partial charge in [-0.3, -0.25) is 4.79 Å². The molecule has 0 fully saturated rings. The summed E-state index contributed by atoms with van der Waals surface area (Å²) in [5.74, 6) is 6.57. The minimum atomic E-state index is -0.347. The lowest BCUT2D eigenvalue weighted by molar-refractivity contribution is -0.113. The molecule has 0 aliphatic carbocycles. The second-order valence-corrected chi connectivity index (χ2v) is 6.19. The molecule has 0 saturated heterocycles. The summed E-state index contributed by atoms with van der Waals surface area (Å²) in [6.45, 7) is 0. The average molecular weight is 373 g/mol. The van der Waals surface area contributed by atoms with Crippen molar-refractivity contribution in [2.75, 3.05) is 24.0 Å². The summed E-state index contributed by atoms with van der Waals surface area (Å²) in [6, 6.07) is 12.8. The first-order valence-electron chi connectivity index (χ1n) is 7.60. The third-order valence-electron chi connectivity index (χ3n) is 3.45. The first kappa shape index (κ1) is 17.7. The Morgan fingerprint density at radius 1 is 1.27 bits per heavy atom. The van der Waals surface area contributed by atoms with Gasteiger partial charge in [0.2, 0.25) is 11.1 Å². The monoisotopic (exact) mass is 373 g/mol. The van der Waals surface area contributed by atoms with Gasteiger partial charge in [-0.2, -0.15) is 0 Å². The molecule has 1 aromatic heterocycles. The molecule has 0 saturated carbocycles. The molecule has 3 rings (SSSR count). The molecule has 3 aromatic rings. The average Bonchev–Trinajstić information content (AvgIpc) is 3.01. The maximum atomic E-state index is 13.0. The molecule has 0 unspecified atom stereocenters. The van der Waals surface area contributed by atoms with Gasteiger partial charge in [0.15, 0.2) is 5.82 Å². The van der Waals surface area contributed by atoms with E-state index in [1.165, 1.54) is 16.8 Å². The minimum absolute atomic E-state index is 0.107. The molecule has 1 heterocycles. The van der Waals surface area contributed by atoms with Crippen molar-refractivity contribution in [3.05, 3.63) is 54.3 Å². The van der Waals surface area contributed by atoms with Crippen LogP contribution in [-0.4, -0.2) is 33.6 Å². The number of hydrogen-bond acceptors (Lipinski definition) is 6. The molecule has 7 nitrogen and oxygen atoms in total. The van der Waals surface area contributed by atoms with Crippen molar-refractivity contribution in [1.29, 1.82) is 0 Å². The lowest BCUT2D eigenvalue weighted by Crippen LogP contribution is -2.16. The number of halogens is 1. The highest BCUT2D eigenvalue weighted by Gasteiger charge is 2.14. The van der Waals surface area contributed by atoms with Crippen LogP contribution in [0, 0.1) is 5.82 Å². The van der Waals surface area contributed by atoms with E-state index in [1.54, 1.807) is 43.5 Å². The van der Waals surface area contributed by atoms with Gasteiger partial charge in [-0.25, -0.2) is 9.07 Å². The molecule has 0 atom stereocenters. The Hall–Kier alpha value is -3.07. The SMILES string of the molecule is COc1cccc(NC(=O)CSc2nnc(-c3ccc(F)cc3)n2N)c1. The molecule has 0 aliphatic heterocycles. The van der Waals surface area contributed by atoms with Crippen molar-refractivity contribution in [3.63, 3.8) is 0 Å². The lowest BCUT2D eigenvalue weighted by Gasteiger charge is -2.07. The largest absolute Gasteiger partial charge is 0.497 e. The molecule has 0 spiro atoms. The quantitative estimate of drug-likeness (QED) is 0.509. The van der Waals surface area contributed by atoms with E-state index in [-0.39, 0.29) is 17.5 Å². The maximum Gasteiger partial charge on any atom is 0.234 e. The highest BCUT2D eigenvalue weighted by atomic mass is 32.2. The second-order valence-electron chi connectivity index (χ2n) is 5.25. The van der Waals surface area contributed by atoms with E-state index >= 15 is 0 Å². The number of nitrogens with two attached hydrogens (primary N) is 1. The van der Waals surface area contributed by atoms with Crippen molar-refractivity contribution in [2.45, 2.75) is 5.16 Å². The number of amides is 1. The van der Waals surface area contributed by atoms with E-state index in [2.05, 4.69) is 15.5 Å². The fourth-order valence-corrected chi connectivity index (χ4v) is 2.86. The summed E-state index contributed by atoms with van der Waals surface area (Å²) in [7, 11) is 1.56. The van der Waals surface area contributed by atoms with Gasteiger partial charge in [-0.1, -0.05) is 17.8 Å². The van der Waals surface area contributed by atoms with E-state index in [0.29, 0.717) is 28.0 Å². The van der Waals surface area contributed by atoms with Crippen LogP contribution in [-0.2, 0) is 4.79 Å². The molecule has 0 bridgehead atoms. The minimum Gasteiger partial charge on any atom is -0.497 e. The maximum absolute atomic E-state index is 13.0. The number of carbonyl (C=O) groups excluding carboxylic acids is 1. The molecule has 9 heteroatoms. The summed E-state index contributed by atoms with van der Waals surface area (Å²) in [5, 5.41) is 11.1. The Kier molecular flexibility index (Phi) is 5.37. The highest BCUT2D eigenvalue weighted by molar-refractivity contribution is 7.99. The van der Waals surface area contributed by atoms with Crippen molar-refractivity contribution < 1.29 is 13.9 Å². The Morgan fingerprint density at radius 2 is 2.04 bits per heavy atom. The Balaban J connectivity index is 1.62. The number of nitrogens with zero attached hydrogens (tertiary/aromatic N) is 3. The van der Waals surface area contributed by atoms with Gasteiger partial charge >= 0.3 is 0 Å². The number of thioether (sulfide) groups is 1. The number of anilines is 1. The highest BCUT2D eigenvalue weighted by Crippen LogP contribution is 2.22. The number of nitrogens with one attached hydrogen (secondary N) is 1. The van der Waals surface area contributed by atoms with Crippen LogP contribution in [0.25, 0.3) is 11.4 Å². The number of benzene rings is 2. The smallest absolute Gasteiger partial charge is 0.234 e. The van der Waals surface area contributed by atoms with Crippen LogP contribution < -0.4 is 15.9 Å². The predicted molar refractivity (Wildman–Crippen MR) is 97.9 cm³/mol. The van der Waals surface area contributed by atoms with Crippen molar-refractivity contribution in [3.8, 4) is 17.1 Å². The molecule has 0 aliphatic rings. The van der Waals surface area contributed by atoms with Gasteiger partial charge in [0.1, 0.15) is 11.6 Å². The zero-order chi connectivity index (χ0) is 18.5. The first-order chi connectivity index (χ1) is 12.6. The zero-order valence-electron chi connectivity index (χ0n) is 13.8. The molecule has 1 amide bonds. The van der Waals surface area contributed by atoms with Gasteiger partial charge < -0.3 is 15.9 Å².